The number of imide groups is 1. The molecule has 1 spiro atoms. The standard InChI is InChI=1S/C45H49N13O4/c1-4-18-57-41(60)34-22-46-42(50-39(34)58(57)36-13-6-28-14-16-45(62,5-2)38(28)48-36)47-29-7-9-30(10-8-29)55-26-44(27-55)17-20-53(25-44)32-23-54(24-32)31-11-12-33-35(21-31)52(3)51-40(33)56-19-15-37(59)49-43(56)61/h4,6-13,21-22,32,62H,1,5,14-20,23-27H2,2-3H3,(H,46,47,50)(H,49,59,61)/t45-/m1/s1. The van der Waals surface area contributed by atoms with Gasteiger partial charge in [0.25, 0.3) is 5.56 Å². The van der Waals surface area contributed by atoms with Gasteiger partial charge in [0.2, 0.25) is 11.9 Å². The predicted octanol–water partition coefficient (Wildman–Crippen LogP) is 4.18. The topological polar surface area (TPSA) is 175 Å². The zero-order chi connectivity index (χ0) is 42.5. The van der Waals surface area contributed by atoms with Crippen LogP contribution in [-0.4, -0.2) is 108 Å². The number of hydrogen-bond acceptors (Lipinski definition) is 12. The number of carbonyl (C=O) groups excluding carboxylic acids is 2. The van der Waals surface area contributed by atoms with Crippen LogP contribution in [0.15, 0.2) is 78.2 Å². The number of allylic oxidation sites excluding steroid dienone is 1. The fourth-order valence-corrected chi connectivity index (χ4v) is 10.3. The Morgan fingerprint density at radius 2 is 1.74 bits per heavy atom. The van der Waals surface area contributed by atoms with Gasteiger partial charge in [-0.1, -0.05) is 19.1 Å². The van der Waals surface area contributed by atoms with Crippen LogP contribution in [0.1, 0.15) is 43.9 Å². The first-order valence-electron chi connectivity index (χ1n) is 21.5. The number of pyridine rings is 1. The van der Waals surface area contributed by atoms with E-state index in [9.17, 15) is 19.5 Å². The van der Waals surface area contributed by atoms with Crippen molar-refractivity contribution in [1.29, 1.82) is 0 Å². The summed E-state index contributed by atoms with van der Waals surface area (Å²) in [6.07, 6.45) is 6.62. The number of aryl methyl sites for hydroxylation is 2. The minimum atomic E-state index is -0.992. The molecule has 62 heavy (non-hydrogen) atoms. The lowest BCUT2D eigenvalue weighted by atomic mass is 9.78. The van der Waals surface area contributed by atoms with Gasteiger partial charge in [-0.25, -0.2) is 24.1 Å². The fraction of sp³-hybridized carbons (Fsp3) is 0.400. The average Bonchev–Trinajstić information content (AvgIpc) is 3.99. The van der Waals surface area contributed by atoms with Crippen molar-refractivity contribution in [1.82, 2.24) is 44.3 Å². The maximum atomic E-state index is 13.6. The summed E-state index contributed by atoms with van der Waals surface area (Å²) < 4.78 is 5.07. The molecule has 1 atom stereocenters. The Kier molecular flexibility index (Phi) is 8.80. The van der Waals surface area contributed by atoms with Gasteiger partial charge in [-0.15, -0.1) is 6.58 Å². The molecule has 4 aromatic heterocycles. The summed E-state index contributed by atoms with van der Waals surface area (Å²) in [4.78, 5) is 61.1. The molecular weight excluding hydrogens is 787 g/mol. The number of nitrogens with one attached hydrogen (secondary N) is 2. The molecule has 17 nitrogen and oxygen atoms in total. The molecular formula is C45H49N13O4. The highest BCUT2D eigenvalue weighted by molar-refractivity contribution is 6.09. The summed E-state index contributed by atoms with van der Waals surface area (Å²) in [5.74, 6) is 1.19. The van der Waals surface area contributed by atoms with E-state index in [1.54, 1.807) is 26.5 Å². The van der Waals surface area contributed by atoms with Crippen molar-refractivity contribution in [3.63, 3.8) is 0 Å². The van der Waals surface area contributed by atoms with Crippen molar-refractivity contribution >= 4 is 62.7 Å². The molecule has 0 bridgehead atoms. The minimum Gasteiger partial charge on any atom is -0.384 e. The highest BCUT2D eigenvalue weighted by Crippen LogP contribution is 2.44. The maximum Gasteiger partial charge on any atom is 0.329 e. The Hall–Kier alpha value is -6.59. The molecule has 0 saturated carbocycles. The van der Waals surface area contributed by atoms with Crippen LogP contribution in [0.5, 0.6) is 0 Å². The third-order valence-corrected chi connectivity index (χ3v) is 13.9. The lowest BCUT2D eigenvalue weighted by Crippen LogP contribution is -2.62. The van der Waals surface area contributed by atoms with E-state index in [4.69, 9.17) is 9.97 Å². The molecule has 5 aliphatic rings. The Bertz CT molecular complexity index is 2870. The number of aliphatic hydroxyl groups is 1. The lowest BCUT2D eigenvalue weighted by Gasteiger charge is -2.51. The van der Waals surface area contributed by atoms with Gasteiger partial charge in [-0.3, -0.25) is 29.4 Å². The molecule has 3 N–H and O–H groups in total. The molecule has 4 fully saturated rings. The van der Waals surface area contributed by atoms with Crippen LogP contribution in [0.2, 0.25) is 0 Å². The SMILES string of the molecule is C=CCn1c(=O)c2cnc(Nc3ccc(N4CC5(CCN(C6CN(c7ccc8c(N9CCC(=O)NC9=O)nn(C)c8c7)C6)C5)C4)cc3)nc2n1-c1ccc2c(n1)[C@@](O)(CC)CC2. The quantitative estimate of drug-likeness (QED) is 0.168. The van der Waals surface area contributed by atoms with E-state index in [0.29, 0.717) is 65.2 Å². The molecule has 4 aliphatic heterocycles. The van der Waals surface area contributed by atoms with Gasteiger partial charge in [0.1, 0.15) is 11.0 Å². The minimum absolute atomic E-state index is 0.237. The number of aromatic nitrogens is 7. The third-order valence-electron chi connectivity index (χ3n) is 13.9. The average molecular weight is 836 g/mol. The second kappa shape index (κ2) is 14.2. The first kappa shape index (κ1) is 38.3. The second-order valence-corrected chi connectivity index (χ2v) is 17.7. The van der Waals surface area contributed by atoms with Gasteiger partial charge in [-0.2, -0.15) is 10.1 Å². The van der Waals surface area contributed by atoms with Crippen LogP contribution >= 0.6 is 0 Å². The summed E-state index contributed by atoms with van der Waals surface area (Å²) in [5, 5.41) is 22.9. The summed E-state index contributed by atoms with van der Waals surface area (Å²) in [7, 11) is 1.89. The summed E-state index contributed by atoms with van der Waals surface area (Å²) in [6.45, 7) is 12.6. The number of hydrogen-bond donors (Lipinski definition) is 3. The van der Waals surface area contributed by atoms with Crippen LogP contribution in [-0.2, 0) is 30.4 Å². The van der Waals surface area contributed by atoms with E-state index in [-0.39, 0.29) is 24.4 Å². The number of anilines is 5. The zero-order valence-electron chi connectivity index (χ0n) is 34.9. The zero-order valence-corrected chi connectivity index (χ0v) is 34.9. The van der Waals surface area contributed by atoms with E-state index in [1.165, 1.54) is 12.1 Å². The molecule has 11 rings (SSSR count). The monoisotopic (exact) mass is 835 g/mol. The lowest BCUT2D eigenvalue weighted by molar-refractivity contribution is -0.120. The largest absolute Gasteiger partial charge is 0.384 e. The molecule has 6 aromatic rings. The van der Waals surface area contributed by atoms with Crippen molar-refractivity contribution in [3.8, 4) is 5.82 Å². The molecule has 0 unspecified atom stereocenters. The van der Waals surface area contributed by atoms with Crippen LogP contribution in [0, 0.1) is 5.41 Å². The number of likely N-dealkylation sites (tertiary alicyclic amines) is 1. The molecule has 2 aromatic carbocycles. The van der Waals surface area contributed by atoms with Crippen molar-refractivity contribution in [2.75, 3.05) is 65.8 Å². The fourth-order valence-electron chi connectivity index (χ4n) is 10.3. The first-order valence-corrected chi connectivity index (χ1v) is 21.5. The van der Waals surface area contributed by atoms with Crippen LogP contribution in [0.4, 0.5) is 33.6 Å². The number of rotatable bonds is 10. The molecule has 1 aliphatic carbocycles. The molecule has 0 radical (unpaired) electrons. The van der Waals surface area contributed by atoms with Crippen LogP contribution < -0.4 is 30.9 Å². The number of urea groups is 1. The van der Waals surface area contributed by atoms with Crippen molar-refractivity contribution in [2.45, 2.75) is 57.2 Å². The Morgan fingerprint density at radius 3 is 2.52 bits per heavy atom. The van der Waals surface area contributed by atoms with Crippen LogP contribution in [0.25, 0.3) is 27.8 Å². The van der Waals surface area contributed by atoms with Crippen molar-refractivity contribution in [3.05, 3.63) is 95.1 Å². The number of fused-ring (bicyclic) bond motifs is 3. The number of amides is 3. The maximum absolute atomic E-state index is 13.6. The van der Waals surface area contributed by atoms with E-state index in [1.807, 2.05) is 49.0 Å². The van der Waals surface area contributed by atoms with Gasteiger partial charge in [0, 0.05) is 92.8 Å². The van der Waals surface area contributed by atoms with Crippen molar-refractivity contribution in [2.24, 2.45) is 12.5 Å². The summed E-state index contributed by atoms with van der Waals surface area (Å²) in [6, 6.07) is 18.6. The van der Waals surface area contributed by atoms with Gasteiger partial charge >= 0.3 is 6.03 Å². The van der Waals surface area contributed by atoms with E-state index in [0.717, 1.165) is 73.5 Å². The molecule has 4 saturated heterocycles. The van der Waals surface area contributed by atoms with Gasteiger partial charge < -0.3 is 20.2 Å². The predicted molar refractivity (Wildman–Crippen MR) is 236 cm³/mol. The summed E-state index contributed by atoms with van der Waals surface area (Å²) in [5.41, 5.74) is 5.30. The number of carbonyl (C=O) groups is 2. The third kappa shape index (κ3) is 6.15. The van der Waals surface area contributed by atoms with E-state index in [2.05, 4.69) is 66.3 Å². The Labute approximate surface area is 357 Å². The Balaban J connectivity index is 0.723. The molecule has 3 amide bonds. The highest BCUT2D eigenvalue weighted by atomic mass is 16.3. The first-order chi connectivity index (χ1) is 30.0. The molecule has 8 heterocycles. The second-order valence-electron chi connectivity index (χ2n) is 17.7. The normalized spacial score (nSPS) is 21.2. The van der Waals surface area contributed by atoms with Gasteiger partial charge in [0.15, 0.2) is 17.3 Å². The van der Waals surface area contributed by atoms with Gasteiger partial charge in [-0.05, 0) is 86.3 Å². The van der Waals surface area contributed by atoms with E-state index >= 15 is 0 Å². The van der Waals surface area contributed by atoms with Crippen LogP contribution in [0.3, 0.4) is 0 Å². The van der Waals surface area contributed by atoms with E-state index < -0.39 is 11.6 Å². The molecule has 318 valence electrons. The Morgan fingerprint density at radius 1 is 0.935 bits per heavy atom. The summed E-state index contributed by atoms with van der Waals surface area (Å²) >= 11 is 0. The number of nitrogens with zero attached hydrogens (tertiary/aromatic N) is 11. The van der Waals surface area contributed by atoms with Crippen molar-refractivity contribution < 1.29 is 14.7 Å². The smallest absolute Gasteiger partial charge is 0.329 e. The highest BCUT2D eigenvalue weighted by Gasteiger charge is 2.50. The number of benzene rings is 2. The molecule has 17 heteroatoms. The van der Waals surface area contributed by atoms with Gasteiger partial charge in [0.05, 0.1) is 17.8 Å².